The van der Waals surface area contributed by atoms with E-state index in [9.17, 15) is 4.79 Å². The van der Waals surface area contributed by atoms with Gasteiger partial charge in [0.2, 0.25) is 5.91 Å². The maximum Gasteiger partial charge on any atom is 0.248 e. The van der Waals surface area contributed by atoms with Crippen molar-refractivity contribution in [2.75, 3.05) is 26.8 Å². The summed E-state index contributed by atoms with van der Waals surface area (Å²) in [5.41, 5.74) is 0.239. The lowest BCUT2D eigenvalue weighted by atomic mass is 9.92. The molecule has 0 spiro atoms. The summed E-state index contributed by atoms with van der Waals surface area (Å²) in [6.45, 7) is 14.6. The van der Waals surface area contributed by atoms with Gasteiger partial charge in [-0.15, -0.1) is 0 Å². The Morgan fingerprint density at radius 2 is 1.38 bits per heavy atom. The predicted molar refractivity (Wildman–Crippen MR) is 67.4 cm³/mol. The van der Waals surface area contributed by atoms with Gasteiger partial charge in [-0.3, -0.25) is 4.79 Å². The Morgan fingerprint density at radius 3 is 1.62 bits per heavy atom. The Hall–Kier alpha value is -0.570. The van der Waals surface area contributed by atoms with Crippen molar-refractivity contribution in [3.63, 3.8) is 0 Å². The maximum absolute atomic E-state index is 11.9. The maximum atomic E-state index is 11.9. The van der Waals surface area contributed by atoms with Crippen molar-refractivity contribution in [3.05, 3.63) is 0 Å². The summed E-state index contributed by atoms with van der Waals surface area (Å²) >= 11 is 0. The van der Waals surface area contributed by atoms with Crippen molar-refractivity contribution < 1.29 is 9.53 Å². The van der Waals surface area contributed by atoms with Gasteiger partial charge in [-0.1, -0.05) is 41.5 Å². The van der Waals surface area contributed by atoms with E-state index in [-0.39, 0.29) is 23.3 Å². The van der Waals surface area contributed by atoms with Crippen LogP contribution in [-0.2, 0) is 9.53 Å². The van der Waals surface area contributed by atoms with E-state index in [4.69, 9.17) is 4.74 Å². The van der Waals surface area contributed by atoms with Crippen LogP contribution >= 0.6 is 0 Å². The molecule has 0 heterocycles. The van der Waals surface area contributed by atoms with E-state index < -0.39 is 0 Å². The Bertz CT molecular complexity index is 207. The van der Waals surface area contributed by atoms with E-state index in [0.717, 1.165) is 13.1 Å². The lowest BCUT2D eigenvalue weighted by molar-refractivity contribution is -0.137. The van der Waals surface area contributed by atoms with E-state index in [1.165, 1.54) is 0 Å². The first-order valence-electron chi connectivity index (χ1n) is 5.82. The van der Waals surface area contributed by atoms with Crippen LogP contribution in [0.2, 0.25) is 0 Å². The smallest absolute Gasteiger partial charge is 0.248 e. The average molecular weight is 229 g/mol. The van der Waals surface area contributed by atoms with Crippen molar-refractivity contribution >= 4 is 5.91 Å². The van der Waals surface area contributed by atoms with E-state index >= 15 is 0 Å². The van der Waals surface area contributed by atoms with Crippen molar-refractivity contribution in [3.8, 4) is 0 Å². The summed E-state index contributed by atoms with van der Waals surface area (Å²) in [6, 6.07) is 0. The van der Waals surface area contributed by atoms with Crippen molar-refractivity contribution in [1.29, 1.82) is 0 Å². The molecule has 0 aliphatic rings. The van der Waals surface area contributed by atoms with Crippen LogP contribution in [0.25, 0.3) is 0 Å². The molecule has 3 nitrogen and oxygen atoms in total. The molecule has 96 valence electrons. The van der Waals surface area contributed by atoms with Gasteiger partial charge in [-0.2, -0.15) is 0 Å². The Morgan fingerprint density at radius 1 is 1.00 bits per heavy atom. The quantitative estimate of drug-likeness (QED) is 0.741. The van der Waals surface area contributed by atoms with Crippen LogP contribution in [0.4, 0.5) is 0 Å². The summed E-state index contributed by atoms with van der Waals surface area (Å²) in [4.78, 5) is 13.8. The third-order valence-electron chi connectivity index (χ3n) is 1.95. The number of carbonyl (C=O) groups is 1. The van der Waals surface area contributed by atoms with Gasteiger partial charge < -0.3 is 9.64 Å². The molecule has 0 bridgehead atoms. The second-order valence-corrected chi connectivity index (χ2v) is 6.80. The van der Waals surface area contributed by atoms with Gasteiger partial charge in [-0.25, -0.2) is 0 Å². The first kappa shape index (κ1) is 15.4. The van der Waals surface area contributed by atoms with Gasteiger partial charge >= 0.3 is 0 Å². The van der Waals surface area contributed by atoms with Gasteiger partial charge in [0.05, 0.1) is 0 Å². The summed E-state index contributed by atoms with van der Waals surface area (Å²) in [5, 5.41) is 0. The number of rotatable bonds is 4. The zero-order valence-corrected chi connectivity index (χ0v) is 11.9. The molecule has 0 aromatic rings. The second kappa shape index (κ2) is 5.67. The van der Waals surface area contributed by atoms with Gasteiger partial charge in [0.15, 0.2) is 0 Å². The molecule has 0 saturated carbocycles. The molecule has 0 unspecified atom stereocenters. The molecule has 1 amide bonds. The lowest BCUT2D eigenvalue weighted by Crippen LogP contribution is -2.44. The van der Waals surface area contributed by atoms with Gasteiger partial charge in [-0.05, 0) is 10.8 Å². The second-order valence-electron chi connectivity index (χ2n) is 6.80. The zero-order valence-electron chi connectivity index (χ0n) is 11.9. The number of nitrogens with zero attached hydrogens (tertiary/aromatic N) is 1. The van der Waals surface area contributed by atoms with Gasteiger partial charge in [0.1, 0.15) is 6.61 Å². The SMILES string of the molecule is COCC(=O)N(CC(C)(C)C)CC(C)(C)C. The van der Waals surface area contributed by atoms with E-state index in [0.29, 0.717) is 0 Å². The van der Waals surface area contributed by atoms with Crippen LogP contribution in [0.1, 0.15) is 41.5 Å². The molecule has 0 aromatic heterocycles. The summed E-state index contributed by atoms with van der Waals surface area (Å²) in [7, 11) is 1.56. The third-order valence-corrected chi connectivity index (χ3v) is 1.95. The van der Waals surface area contributed by atoms with Crippen LogP contribution in [0, 0.1) is 10.8 Å². The molecular weight excluding hydrogens is 202 g/mol. The summed E-state index contributed by atoms with van der Waals surface area (Å²) in [5.74, 6) is 0.0762. The fraction of sp³-hybridized carbons (Fsp3) is 0.923. The van der Waals surface area contributed by atoms with Crippen LogP contribution in [0.3, 0.4) is 0 Å². The molecule has 0 fully saturated rings. The van der Waals surface area contributed by atoms with Gasteiger partial charge in [0.25, 0.3) is 0 Å². The number of hydrogen-bond acceptors (Lipinski definition) is 2. The molecule has 0 radical (unpaired) electrons. The number of methoxy groups -OCH3 is 1. The van der Waals surface area contributed by atoms with Crippen molar-refractivity contribution in [2.45, 2.75) is 41.5 Å². The fourth-order valence-corrected chi connectivity index (χ4v) is 1.59. The normalized spacial score (nSPS) is 12.7. The highest BCUT2D eigenvalue weighted by Crippen LogP contribution is 2.20. The standard InChI is InChI=1S/C13H27NO2/c1-12(2,3)9-14(10-13(4,5)6)11(15)8-16-7/h8-10H2,1-7H3. The molecule has 0 N–H and O–H groups in total. The number of amides is 1. The highest BCUT2D eigenvalue weighted by molar-refractivity contribution is 5.77. The van der Waals surface area contributed by atoms with Gasteiger partial charge in [0, 0.05) is 20.2 Å². The molecule has 0 aromatic carbocycles. The molecule has 3 heteroatoms. The highest BCUT2D eigenvalue weighted by Gasteiger charge is 2.25. The summed E-state index contributed by atoms with van der Waals surface area (Å²) in [6.07, 6.45) is 0. The third kappa shape index (κ3) is 7.69. The Labute approximate surface area is 100 Å². The zero-order chi connectivity index (χ0) is 13.0. The van der Waals surface area contributed by atoms with Crippen LogP contribution in [0.5, 0.6) is 0 Å². The first-order chi connectivity index (χ1) is 7.05. The molecular formula is C13H27NO2. The van der Waals surface area contributed by atoms with Crippen molar-refractivity contribution in [2.24, 2.45) is 10.8 Å². The molecule has 0 saturated heterocycles. The van der Waals surface area contributed by atoms with E-state index in [1.54, 1.807) is 7.11 Å². The topological polar surface area (TPSA) is 29.5 Å². The number of hydrogen-bond donors (Lipinski definition) is 0. The summed E-state index contributed by atoms with van der Waals surface area (Å²) < 4.78 is 4.92. The molecule has 0 atom stereocenters. The predicted octanol–water partition coefficient (Wildman–Crippen LogP) is 2.55. The molecule has 16 heavy (non-hydrogen) atoms. The largest absolute Gasteiger partial charge is 0.375 e. The van der Waals surface area contributed by atoms with Crippen LogP contribution < -0.4 is 0 Å². The van der Waals surface area contributed by atoms with Crippen molar-refractivity contribution in [1.82, 2.24) is 4.90 Å². The Kier molecular flexibility index (Phi) is 5.47. The number of carbonyl (C=O) groups excluding carboxylic acids is 1. The molecule has 0 rings (SSSR count). The molecule has 0 aliphatic carbocycles. The Balaban J connectivity index is 4.57. The highest BCUT2D eigenvalue weighted by atomic mass is 16.5. The molecule has 0 aliphatic heterocycles. The number of ether oxygens (including phenoxy) is 1. The van der Waals surface area contributed by atoms with E-state index in [1.807, 2.05) is 4.90 Å². The first-order valence-corrected chi connectivity index (χ1v) is 5.82. The monoisotopic (exact) mass is 229 g/mol. The fourth-order valence-electron chi connectivity index (χ4n) is 1.59. The van der Waals surface area contributed by atoms with Crippen LogP contribution in [-0.4, -0.2) is 37.6 Å². The van der Waals surface area contributed by atoms with E-state index in [2.05, 4.69) is 41.5 Å². The minimum atomic E-state index is 0.0762. The lowest BCUT2D eigenvalue weighted by Gasteiger charge is -2.34. The minimum Gasteiger partial charge on any atom is -0.375 e. The van der Waals surface area contributed by atoms with Crippen LogP contribution in [0.15, 0.2) is 0 Å². The average Bonchev–Trinajstić information content (AvgIpc) is 1.97. The minimum absolute atomic E-state index is 0.0762.